The molecule has 0 N–H and O–H groups in total. The summed E-state index contributed by atoms with van der Waals surface area (Å²) in [5.41, 5.74) is 0.895. The van der Waals surface area contributed by atoms with E-state index in [2.05, 4.69) is 0 Å². The largest absolute Gasteiger partial charge is 0.497 e. The summed E-state index contributed by atoms with van der Waals surface area (Å²) >= 11 is 0. The van der Waals surface area contributed by atoms with Crippen LogP contribution in [-0.4, -0.2) is 39.7 Å². The van der Waals surface area contributed by atoms with E-state index < -0.39 is 10.0 Å². The standard InChI is InChI=1S/C13H19NO4S/c1-17-10-6-7-11(13(9-10)18-2)12-5-4-8-14(12)19(3,15)16/h6-7,9,12H,4-5,8H2,1-3H3. The van der Waals surface area contributed by atoms with Crippen LogP contribution in [0.3, 0.4) is 0 Å². The van der Waals surface area contributed by atoms with Crippen LogP contribution in [0.15, 0.2) is 18.2 Å². The summed E-state index contributed by atoms with van der Waals surface area (Å²) < 4.78 is 35.7. The topological polar surface area (TPSA) is 55.8 Å². The third-order valence-corrected chi connectivity index (χ3v) is 4.72. The van der Waals surface area contributed by atoms with Crippen molar-refractivity contribution in [2.24, 2.45) is 0 Å². The third-order valence-electron chi connectivity index (χ3n) is 3.43. The molecule has 1 saturated heterocycles. The van der Waals surface area contributed by atoms with Gasteiger partial charge in [0.15, 0.2) is 0 Å². The molecule has 0 spiro atoms. The third kappa shape index (κ3) is 2.84. The summed E-state index contributed by atoms with van der Waals surface area (Å²) in [6, 6.07) is 5.35. The molecule has 1 atom stereocenters. The van der Waals surface area contributed by atoms with Crippen molar-refractivity contribution in [2.45, 2.75) is 18.9 Å². The quantitative estimate of drug-likeness (QED) is 0.846. The van der Waals surface area contributed by atoms with Crippen LogP contribution in [0, 0.1) is 0 Å². The smallest absolute Gasteiger partial charge is 0.211 e. The number of hydrogen-bond donors (Lipinski definition) is 0. The Bertz CT molecular complexity index is 556. The summed E-state index contributed by atoms with van der Waals surface area (Å²) in [7, 11) is -0.0225. The zero-order chi connectivity index (χ0) is 14.0. The molecule has 1 aliphatic heterocycles. The maximum absolute atomic E-state index is 11.8. The maximum Gasteiger partial charge on any atom is 0.211 e. The van der Waals surface area contributed by atoms with Gasteiger partial charge >= 0.3 is 0 Å². The number of hydrogen-bond acceptors (Lipinski definition) is 4. The molecule has 106 valence electrons. The Morgan fingerprint density at radius 2 is 2.00 bits per heavy atom. The van der Waals surface area contributed by atoms with Crippen LogP contribution in [0.25, 0.3) is 0 Å². The molecule has 1 aliphatic rings. The van der Waals surface area contributed by atoms with Crippen LogP contribution in [0.5, 0.6) is 11.5 Å². The van der Waals surface area contributed by atoms with Gasteiger partial charge in [-0.05, 0) is 18.9 Å². The lowest BCUT2D eigenvalue weighted by Crippen LogP contribution is -2.29. The molecule has 2 rings (SSSR count). The molecule has 1 unspecified atom stereocenters. The molecule has 0 saturated carbocycles. The minimum Gasteiger partial charge on any atom is -0.497 e. The molecule has 0 bridgehead atoms. The van der Waals surface area contributed by atoms with E-state index >= 15 is 0 Å². The van der Waals surface area contributed by atoms with Crippen molar-refractivity contribution < 1.29 is 17.9 Å². The summed E-state index contributed by atoms with van der Waals surface area (Å²) in [5, 5.41) is 0. The Kier molecular flexibility index (Phi) is 4.01. The number of ether oxygens (including phenoxy) is 2. The zero-order valence-corrected chi connectivity index (χ0v) is 12.2. The highest BCUT2D eigenvalue weighted by molar-refractivity contribution is 7.88. The second kappa shape index (κ2) is 5.38. The first-order valence-electron chi connectivity index (χ1n) is 6.16. The molecule has 19 heavy (non-hydrogen) atoms. The van der Waals surface area contributed by atoms with E-state index in [-0.39, 0.29) is 6.04 Å². The Labute approximate surface area is 114 Å². The zero-order valence-electron chi connectivity index (χ0n) is 11.4. The molecule has 0 amide bonds. The molecular formula is C13H19NO4S. The van der Waals surface area contributed by atoms with Gasteiger partial charge in [0.25, 0.3) is 0 Å². The van der Waals surface area contributed by atoms with E-state index in [1.165, 1.54) is 10.6 Å². The summed E-state index contributed by atoms with van der Waals surface area (Å²) in [4.78, 5) is 0. The van der Waals surface area contributed by atoms with Gasteiger partial charge in [0.1, 0.15) is 11.5 Å². The lowest BCUT2D eigenvalue weighted by atomic mass is 10.0. The van der Waals surface area contributed by atoms with Gasteiger partial charge in [0.05, 0.1) is 26.5 Å². The van der Waals surface area contributed by atoms with Crippen molar-refractivity contribution in [2.75, 3.05) is 27.0 Å². The normalized spacial score (nSPS) is 20.5. The van der Waals surface area contributed by atoms with Gasteiger partial charge in [0, 0.05) is 18.2 Å². The minimum atomic E-state index is -3.19. The van der Waals surface area contributed by atoms with Crippen LogP contribution in [0.2, 0.25) is 0 Å². The molecule has 0 aromatic heterocycles. The summed E-state index contributed by atoms with van der Waals surface area (Å²) in [6.45, 7) is 0.568. The second-order valence-corrected chi connectivity index (χ2v) is 6.57. The average Bonchev–Trinajstić information content (AvgIpc) is 2.86. The molecule has 1 aromatic carbocycles. The predicted molar refractivity (Wildman–Crippen MR) is 73.1 cm³/mol. The van der Waals surface area contributed by atoms with E-state index in [1.807, 2.05) is 12.1 Å². The van der Waals surface area contributed by atoms with Gasteiger partial charge in [-0.15, -0.1) is 0 Å². The molecule has 1 fully saturated rings. The van der Waals surface area contributed by atoms with Crippen LogP contribution < -0.4 is 9.47 Å². The SMILES string of the molecule is COc1ccc(C2CCCN2S(C)(=O)=O)c(OC)c1. The number of sulfonamides is 1. The van der Waals surface area contributed by atoms with Gasteiger partial charge in [-0.3, -0.25) is 0 Å². The van der Waals surface area contributed by atoms with Gasteiger partial charge < -0.3 is 9.47 Å². The molecule has 6 heteroatoms. The van der Waals surface area contributed by atoms with Crippen LogP contribution >= 0.6 is 0 Å². The van der Waals surface area contributed by atoms with Crippen LogP contribution in [0.4, 0.5) is 0 Å². The first-order chi connectivity index (χ1) is 8.97. The average molecular weight is 285 g/mol. The van der Waals surface area contributed by atoms with Crippen molar-refractivity contribution >= 4 is 10.0 Å². The first kappa shape index (κ1) is 14.1. The molecule has 0 aliphatic carbocycles. The van der Waals surface area contributed by atoms with E-state index in [9.17, 15) is 8.42 Å². The molecule has 0 radical (unpaired) electrons. The number of methoxy groups -OCH3 is 2. The first-order valence-corrected chi connectivity index (χ1v) is 8.01. The van der Waals surface area contributed by atoms with Crippen molar-refractivity contribution in [3.8, 4) is 11.5 Å². The van der Waals surface area contributed by atoms with Gasteiger partial charge in [-0.1, -0.05) is 6.07 Å². The number of benzene rings is 1. The van der Waals surface area contributed by atoms with Crippen molar-refractivity contribution in [1.29, 1.82) is 0 Å². The fourth-order valence-electron chi connectivity index (χ4n) is 2.54. The minimum absolute atomic E-state index is 0.143. The highest BCUT2D eigenvalue weighted by Gasteiger charge is 2.34. The molecule has 1 heterocycles. The Hall–Kier alpha value is -1.27. The maximum atomic E-state index is 11.8. The highest BCUT2D eigenvalue weighted by Crippen LogP contribution is 2.39. The van der Waals surface area contributed by atoms with Gasteiger partial charge in [-0.2, -0.15) is 4.31 Å². The van der Waals surface area contributed by atoms with Gasteiger partial charge in [0.2, 0.25) is 10.0 Å². The van der Waals surface area contributed by atoms with Crippen LogP contribution in [-0.2, 0) is 10.0 Å². The molecule has 5 nitrogen and oxygen atoms in total. The Balaban J connectivity index is 2.41. The number of nitrogens with zero attached hydrogens (tertiary/aromatic N) is 1. The highest BCUT2D eigenvalue weighted by atomic mass is 32.2. The van der Waals surface area contributed by atoms with Crippen LogP contribution in [0.1, 0.15) is 24.4 Å². The monoisotopic (exact) mass is 285 g/mol. The second-order valence-electron chi connectivity index (χ2n) is 4.64. The summed E-state index contributed by atoms with van der Waals surface area (Å²) in [5.74, 6) is 1.37. The lowest BCUT2D eigenvalue weighted by molar-refractivity contribution is 0.362. The fourth-order valence-corrected chi connectivity index (χ4v) is 3.68. The molecule has 1 aromatic rings. The summed E-state index contributed by atoms with van der Waals surface area (Å²) in [6.07, 6.45) is 2.93. The van der Waals surface area contributed by atoms with Crippen molar-refractivity contribution in [3.05, 3.63) is 23.8 Å². The number of rotatable bonds is 4. The van der Waals surface area contributed by atoms with E-state index in [1.54, 1.807) is 20.3 Å². The predicted octanol–water partition coefficient (Wildman–Crippen LogP) is 1.80. The molecular weight excluding hydrogens is 266 g/mol. The lowest BCUT2D eigenvalue weighted by Gasteiger charge is -2.24. The Morgan fingerprint density at radius 1 is 1.26 bits per heavy atom. The fraction of sp³-hybridized carbons (Fsp3) is 0.538. The van der Waals surface area contributed by atoms with E-state index in [0.29, 0.717) is 18.0 Å². The van der Waals surface area contributed by atoms with Crippen molar-refractivity contribution in [3.63, 3.8) is 0 Å². The van der Waals surface area contributed by atoms with E-state index in [4.69, 9.17) is 9.47 Å². The van der Waals surface area contributed by atoms with Gasteiger partial charge in [-0.25, -0.2) is 8.42 Å². The van der Waals surface area contributed by atoms with E-state index in [0.717, 1.165) is 18.4 Å². The van der Waals surface area contributed by atoms with Crippen molar-refractivity contribution in [1.82, 2.24) is 4.31 Å². The Morgan fingerprint density at radius 3 is 2.58 bits per heavy atom.